The molecule has 0 fully saturated rings. The summed E-state index contributed by atoms with van der Waals surface area (Å²) in [5.41, 5.74) is 1.81. The predicted octanol–water partition coefficient (Wildman–Crippen LogP) is 3.51. The first-order chi connectivity index (χ1) is 9.70. The molecule has 0 unspecified atom stereocenters. The number of anilines is 1. The maximum absolute atomic E-state index is 12.4. The Morgan fingerprint density at radius 3 is 2.38 bits per heavy atom. The SMILES string of the molecule is Cc1cnc(NS(=O)(=O)c2cc(C)c(Cl)cc2Cl)c(C)n1. The van der Waals surface area contributed by atoms with Crippen LogP contribution in [0.1, 0.15) is 17.0 Å². The Morgan fingerprint density at radius 1 is 1.10 bits per heavy atom. The van der Waals surface area contributed by atoms with Crippen LogP contribution in [0.15, 0.2) is 23.2 Å². The summed E-state index contributed by atoms with van der Waals surface area (Å²) in [4.78, 5) is 8.15. The number of nitrogens with one attached hydrogen (secondary N) is 1. The van der Waals surface area contributed by atoms with E-state index in [-0.39, 0.29) is 15.7 Å². The van der Waals surface area contributed by atoms with Crippen molar-refractivity contribution < 1.29 is 8.42 Å². The second-order valence-corrected chi connectivity index (χ2v) is 7.05. The van der Waals surface area contributed by atoms with Gasteiger partial charge in [0, 0.05) is 5.02 Å². The second kappa shape index (κ2) is 5.79. The smallest absolute Gasteiger partial charge is 0.262 e. The summed E-state index contributed by atoms with van der Waals surface area (Å²) in [5, 5.41) is 0.459. The second-order valence-electron chi connectivity index (χ2n) is 4.58. The van der Waals surface area contributed by atoms with E-state index in [2.05, 4.69) is 14.7 Å². The lowest BCUT2D eigenvalue weighted by atomic mass is 10.2. The minimum atomic E-state index is -3.86. The van der Waals surface area contributed by atoms with Crippen LogP contribution in [0.2, 0.25) is 10.0 Å². The van der Waals surface area contributed by atoms with Crippen LogP contribution in [0, 0.1) is 20.8 Å². The monoisotopic (exact) mass is 345 g/mol. The molecule has 21 heavy (non-hydrogen) atoms. The van der Waals surface area contributed by atoms with E-state index in [0.717, 1.165) is 0 Å². The molecular weight excluding hydrogens is 333 g/mol. The van der Waals surface area contributed by atoms with Crippen molar-refractivity contribution in [3.63, 3.8) is 0 Å². The fourth-order valence-corrected chi connectivity index (χ4v) is 3.62. The predicted molar refractivity (Wildman–Crippen MR) is 83.5 cm³/mol. The summed E-state index contributed by atoms with van der Waals surface area (Å²) >= 11 is 11.9. The molecule has 1 aromatic heterocycles. The van der Waals surface area contributed by atoms with Crippen molar-refractivity contribution in [2.24, 2.45) is 0 Å². The van der Waals surface area contributed by atoms with Gasteiger partial charge in [0.1, 0.15) is 4.90 Å². The zero-order valence-corrected chi connectivity index (χ0v) is 13.9. The Balaban J connectivity index is 2.46. The van der Waals surface area contributed by atoms with Crippen LogP contribution in [-0.2, 0) is 10.0 Å². The standard InChI is InChI=1S/C13H13Cl2N3O2S/c1-7-4-12(11(15)5-10(7)14)21(19,20)18-13-9(3)17-8(2)6-16-13/h4-6H,1-3H3,(H,16,18). The normalized spacial score (nSPS) is 11.5. The molecule has 0 aliphatic rings. The lowest BCUT2D eigenvalue weighted by molar-refractivity contribution is 0.601. The first-order valence-corrected chi connectivity index (χ1v) is 8.23. The van der Waals surface area contributed by atoms with Crippen LogP contribution in [0.4, 0.5) is 5.82 Å². The summed E-state index contributed by atoms with van der Waals surface area (Å²) in [6.45, 7) is 5.15. The van der Waals surface area contributed by atoms with Gasteiger partial charge in [0.15, 0.2) is 5.82 Å². The van der Waals surface area contributed by atoms with Crippen molar-refractivity contribution in [2.45, 2.75) is 25.7 Å². The van der Waals surface area contributed by atoms with Crippen molar-refractivity contribution in [3.8, 4) is 0 Å². The number of hydrogen-bond acceptors (Lipinski definition) is 4. The van der Waals surface area contributed by atoms with E-state index in [4.69, 9.17) is 23.2 Å². The zero-order valence-electron chi connectivity index (χ0n) is 11.6. The average molecular weight is 346 g/mol. The van der Waals surface area contributed by atoms with Crippen molar-refractivity contribution in [1.82, 2.24) is 9.97 Å². The van der Waals surface area contributed by atoms with E-state index in [9.17, 15) is 8.42 Å². The molecule has 0 aliphatic heterocycles. The highest BCUT2D eigenvalue weighted by Gasteiger charge is 2.21. The van der Waals surface area contributed by atoms with Crippen LogP contribution in [0.5, 0.6) is 0 Å². The van der Waals surface area contributed by atoms with Gasteiger partial charge in [-0.1, -0.05) is 23.2 Å². The number of benzene rings is 1. The lowest BCUT2D eigenvalue weighted by Crippen LogP contribution is -2.16. The van der Waals surface area contributed by atoms with Gasteiger partial charge >= 0.3 is 0 Å². The number of aryl methyl sites for hydroxylation is 3. The average Bonchev–Trinajstić information content (AvgIpc) is 2.37. The molecule has 0 atom stereocenters. The number of aromatic nitrogens is 2. The van der Waals surface area contributed by atoms with Crippen LogP contribution < -0.4 is 4.72 Å². The topological polar surface area (TPSA) is 72.0 Å². The molecule has 1 aromatic carbocycles. The van der Waals surface area contributed by atoms with Gasteiger partial charge in [-0.15, -0.1) is 0 Å². The highest BCUT2D eigenvalue weighted by atomic mass is 35.5. The molecule has 8 heteroatoms. The van der Waals surface area contributed by atoms with E-state index in [1.807, 2.05) is 0 Å². The number of rotatable bonds is 3. The van der Waals surface area contributed by atoms with E-state index >= 15 is 0 Å². The molecule has 0 aliphatic carbocycles. The quantitative estimate of drug-likeness (QED) is 0.923. The minimum Gasteiger partial charge on any atom is -0.262 e. The molecule has 0 bridgehead atoms. The van der Waals surface area contributed by atoms with E-state index in [0.29, 0.717) is 22.0 Å². The summed E-state index contributed by atoms with van der Waals surface area (Å²) < 4.78 is 27.2. The van der Waals surface area contributed by atoms with Crippen molar-refractivity contribution in [2.75, 3.05) is 4.72 Å². The molecule has 2 aromatic rings. The van der Waals surface area contributed by atoms with Crippen LogP contribution in [0.25, 0.3) is 0 Å². The summed E-state index contributed by atoms with van der Waals surface area (Å²) in [6.07, 6.45) is 1.49. The first kappa shape index (κ1) is 16.0. The Labute approximate surface area is 133 Å². The summed E-state index contributed by atoms with van der Waals surface area (Å²) in [7, 11) is -3.86. The Bertz CT molecular complexity index is 807. The summed E-state index contributed by atoms with van der Waals surface area (Å²) in [5.74, 6) is 0.171. The van der Waals surface area contributed by atoms with Crippen molar-refractivity contribution >= 4 is 39.0 Å². The van der Waals surface area contributed by atoms with Gasteiger partial charge in [-0.25, -0.2) is 13.4 Å². The maximum Gasteiger partial charge on any atom is 0.264 e. The maximum atomic E-state index is 12.4. The number of nitrogens with zero attached hydrogens (tertiary/aromatic N) is 2. The fraction of sp³-hybridized carbons (Fsp3) is 0.231. The third kappa shape index (κ3) is 3.45. The zero-order chi connectivity index (χ0) is 15.8. The largest absolute Gasteiger partial charge is 0.264 e. The molecule has 0 saturated carbocycles. The van der Waals surface area contributed by atoms with Gasteiger partial charge in [-0.05, 0) is 38.5 Å². The van der Waals surface area contributed by atoms with Gasteiger partial charge in [0.05, 0.1) is 22.6 Å². The molecule has 5 nitrogen and oxygen atoms in total. The Morgan fingerprint density at radius 2 is 1.76 bits per heavy atom. The molecular formula is C13H13Cl2N3O2S. The molecule has 0 saturated heterocycles. The summed E-state index contributed by atoms with van der Waals surface area (Å²) in [6, 6.07) is 2.82. The first-order valence-electron chi connectivity index (χ1n) is 5.99. The third-order valence-corrected chi connectivity index (χ3v) is 5.01. The molecule has 112 valence electrons. The Kier molecular flexibility index (Phi) is 4.41. The number of sulfonamides is 1. The van der Waals surface area contributed by atoms with Gasteiger partial charge in [0.25, 0.3) is 10.0 Å². The van der Waals surface area contributed by atoms with Crippen LogP contribution in [0.3, 0.4) is 0 Å². The lowest BCUT2D eigenvalue weighted by Gasteiger charge is -2.12. The third-order valence-electron chi connectivity index (χ3n) is 2.80. The highest BCUT2D eigenvalue weighted by Crippen LogP contribution is 2.29. The fourth-order valence-electron chi connectivity index (χ4n) is 1.72. The van der Waals surface area contributed by atoms with Gasteiger partial charge in [0.2, 0.25) is 0 Å². The molecule has 0 amide bonds. The van der Waals surface area contributed by atoms with Crippen molar-refractivity contribution in [1.29, 1.82) is 0 Å². The number of hydrogen-bond donors (Lipinski definition) is 1. The van der Waals surface area contributed by atoms with E-state index < -0.39 is 10.0 Å². The number of halogens is 2. The van der Waals surface area contributed by atoms with Gasteiger partial charge in [-0.3, -0.25) is 9.71 Å². The van der Waals surface area contributed by atoms with Crippen LogP contribution in [-0.4, -0.2) is 18.4 Å². The molecule has 1 N–H and O–H groups in total. The minimum absolute atomic E-state index is 0.0483. The van der Waals surface area contributed by atoms with E-state index in [1.54, 1.807) is 20.8 Å². The molecule has 0 spiro atoms. The highest BCUT2D eigenvalue weighted by molar-refractivity contribution is 7.92. The van der Waals surface area contributed by atoms with E-state index in [1.165, 1.54) is 18.3 Å². The van der Waals surface area contributed by atoms with Gasteiger partial charge < -0.3 is 0 Å². The van der Waals surface area contributed by atoms with Crippen molar-refractivity contribution in [3.05, 3.63) is 45.3 Å². The molecule has 0 radical (unpaired) electrons. The van der Waals surface area contributed by atoms with Gasteiger partial charge in [-0.2, -0.15) is 0 Å². The van der Waals surface area contributed by atoms with Crippen LogP contribution >= 0.6 is 23.2 Å². The molecule has 1 heterocycles. The molecule has 2 rings (SSSR count). The Hall–Kier alpha value is -1.37.